The van der Waals surface area contributed by atoms with Gasteiger partial charge in [0.15, 0.2) is 11.5 Å². The third-order valence-corrected chi connectivity index (χ3v) is 3.82. The highest BCUT2D eigenvalue weighted by Crippen LogP contribution is 2.34. The van der Waals surface area contributed by atoms with Crippen LogP contribution in [-0.4, -0.2) is 30.6 Å². The summed E-state index contributed by atoms with van der Waals surface area (Å²) in [5.41, 5.74) is 0.490. The minimum Gasteiger partial charge on any atom is -0.486 e. The van der Waals surface area contributed by atoms with Crippen molar-refractivity contribution in [3.05, 3.63) is 46.6 Å². The second-order valence-electron chi connectivity index (χ2n) is 4.71. The average molecular weight is 363 g/mol. The first kappa shape index (κ1) is 14.8. The molecule has 114 valence electrons. The van der Waals surface area contributed by atoms with Crippen molar-refractivity contribution in [2.45, 2.75) is 6.92 Å². The summed E-state index contributed by atoms with van der Waals surface area (Å²) in [6, 6.07) is 9.01. The Bertz CT molecular complexity index is 688. The smallest absolute Gasteiger partial charge is 0.263 e. The lowest BCUT2D eigenvalue weighted by Crippen LogP contribution is -2.32. The lowest BCUT2D eigenvalue weighted by molar-refractivity contribution is 0.0976. The quantitative estimate of drug-likeness (QED) is 0.840. The van der Waals surface area contributed by atoms with E-state index in [1.165, 1.54) is 0 Å². The van der Waals surface area contributed by atoms with Gasteiger partial charge in [0.2, 0.25) is 0 Å². The first-order valence-corrected chi connectivity index (χ1v) is 7.82. The van der Waals surface area contributed by atoms with Crippen LogP contribution in [0.15, 0.2) is 41.0 Å². The maximum absolute atomic E-state index is 12.9. The van der Waals surface area contributed by atoms with Gasteiger partial charge in [-0.05, 0) is 47.1 Å². The first-order valence-electron chi connectivity index (χ1n) is 7.02. The lowest BCUT2D eigenvalue weighted by Gasteiger charge is -2.24. The van der Waals surface area contributed by atoms with E-state index in [-0.39, 0.29) is 5.91 Å². The van der Waals surface area contributed by atoms with E-state index >= 15 is 0 Å². The van der Waals surface area contributed by atoms with Crippen molar-refractivity contribution in [3.63, 3.8) is 0 Å². The summed E-state index contributed by atoms with van der Waals surface area (Å²) in [4.78, 5) is 18.8. The minimum absolute atomic E-state index is 0.153. The molecule has 1 aliphatic heterocycles. The Balaban J connectivity index is 1.97. The monoisotopic (exact) mass is 362 g/mol. The number of carbonyl (C=O) groups excluding carboxylic acids is 1. The molecule has 1 aromatic carbocycles. The van der Waals surface area contributed by atoms with E-state index in [1.54, 1.807) is 35.4 Å². The summed E-state index contributed by atoms with van der Waals surface area (Å²) < 4.78 is 12.0. The van der Waals surface area contributed by atoms with E-state index in [9.17, 15) is 4.79 Å². The van der Waals surface area contributed by atoms with Crippen LogP contribution in [0.5, 0.6) is 11.5 Å². The van der Waals surface area contributed by atoms with Crippen LogP contribution in [0.4, 0.5) is 5.82 Å². The zero-order valence-electron chi connectivity index (χ0n) is 12.1. The maximum atomic E-state index is 12.9. The number of para-hydroxylation sites is 1. The molecule has 2 aromatic rings. The van der Waals surface area contributed by atoms with Gasteiger partial charge in [-0.25, -0.2) is 4.98 Å². The number of ether oxygens (including phenoxy) is 2. The summed E-state index contributed by atoms with van der Waals surface area (Å²) in [5.74, 6) is 1.57. The van der Waals surface area contributed by atoms with Crippen LogP contribution in [0.3, 0.4) is 0 Å². The number of amides is 1. The van der Waals surface area contributed by atoms with Crippen LogP contribution in [0, 0.1) is 0 Å². The number of fused-ring (bicyclic) bond motifs is 1. The molecule has 0 saturated carbocycles. The topological polar surface area (TPSA) is 51.7 Å². The minimum atomic E-state index is -0.153. The van der Waals surface area contributed by atoms with Gasteiger partial charge in [0.05, 0.1) is 5.56 Å². The fourth-order valence-electron chi connectivity index (χ4n) is 2.32. The summed E-state index contributed by atoms with van der Waals surface area (Å²) >= 11 is 3.35. The van der Waals surface area contributed by atoms with E-state index in [0.29, 0.717) is 42.6 Å². The molecule has 22 heavy (non-hydrogen) atoms. The number of carbonyl (C=O) groups is 1. The average Bonchev–Trinajstić information content (AvgIpc) is 2.56. The van der Waals surface area contributed by atoms with Crippen LogP contribution in [0.2, 0.25) is 0 Å². The summed E-state index contributed by atoms with van der Waals surface area (Å²) in [5, 5.41) is 0. The highest BCUT2D eigenvalue weighted by molar-refractivity contribution is 9.10. The van der Waals surface area contributed by atoms with Gasteiger partial charge in [-0.1, -0.05) is 6.07 Å². The van der Waals surface area contributed by atoms with Crippen molar-refractivity contribution in [1.82, 2.24) is 4.98 Å². The molecule has 1 amide bonds. The molecule has 1 aliphatic rings. The van der Waals surface area contributed by atoms with E-state index in [0.717, 1.165) is 4.47 Å². The second kappa shape index (κ2) is 6.36. The number of hydrogen-bond acceptors (Lipinski definition) is 4. The number of nitrogens with zero attached hydrogens (tertiary/aromatic N) is 2. The fraction of sp³-hybridized carbons (Fsp3) is 0.250. The maximum Gasteiger partial charge on any atom is 0.263 e. The van der Waals surface area contributed by atoms with E-state index in [2.05, 4.69) is 20.9 Å². The Morgan fingerprint density at radius 1 is 1.27 bits per heavy atom. The molecule has 0 radical (unpaired) electrons. The molecule has 6 heteroatoms. The molecule has 0 N–H and O–H groups in total. The van der Waals surface area contributed by atoms with Gasteiger partial charge in [-0.3, -0.25) is 9.69 Å². The molecule has 0 atom stereocenters. The first-order chi connectivity index (χ1) is 10.7. The summed E-state index contributed by atoms with van der Waals surface area (Å²) in [7, 11) is 0. The van der Waals surface area contributed by atoms with Crippen LogP contribution in [-0.2, 0) is 0 Å². The number of aromatic nitrogens is 1. The zero-order chi connectivity index (χ0) is 15.5. The van der Waals surface area contributed by atoms with Gasteiger partial charge in [0.25, 0.3) is 5.91 Å². The van der Waals surface area contributed by atoms with E-state index in [4.69, 9.17) is 9.47 Å². The van der Waals surface area contributed by atoms with Gasteiger partial charge in [-0.2, -0.15) is 0 Å². The van der Waals surface area contributed by atoms with Crippen molar-refractivity contribution in [1.29, 1.82) is 0 Å². The zero-order valence-corrected chi connectivity index (χ0v) is 13.7. The van der Waals surface area contributed by atoms with Crippen molar-refractivity contribution >= 4 is 27.7 Å². The van der Waals surface area contributed by atoms with Gasteiger partial charge >= 0.3 is 0 Å². The number of rotatable bonds is 3. The third-order valence-electron chi connectivity index (χ3n) is 3.35. The van der Waals surface area contributed by atoms with Crippen LogP contribution < -0.4 is 14.4 Å². The Hall–Kier alpha value is -2.08. The van der Waals surface area contributed by atoms with Gasteiger partial charge in [0.1, 0.15) is 19.0 Å². The van der Waals surface area contributed by atoms with Gasteiger partial charge < -0.3 is 9.47 Å². The number of pyridine rings is 1. The molecule has 0 aliphatic carbocycles. The molecule has 0 fully saturated rings. The summed E-state index contributed by atoms with van der Waals surface area (Å²) in [6.45, 7) is 3.36. The second-order valence-corrected chi connectivity index (χ2v) is 5.63. The number of anilines is 1. The molecular formula is C16H15BrN2O3. The molecule has 2 heterocycles. The predicted octanol–water partition coefficient (Wildman–Crippen LogP) is 3.28. The Morgan fingerprint density at radius 2 is 2.09 bits per heavy atom. The largest absolute Gasteiger partial charge is 0.486 e. The molecule has 3 rings (SSSR count). The Kier molecular flexibility index (Phi) is 4.29. The molecule has 0 saturated heterocycles. The standard InChI is InChI=1S/C16H15BrN2O3/c1-2-19(14-7-6-11(17)10-18-14)16(20)12-4-3-5-13-15(12)22-9-8-21-13/h3-7,10H,2,8-9H2,1H3. The highest BCUT2D eigenvalue weighted by atomic mass is 79.9. The van der Waals surface area contributed by atoms with Crippen LogP contribution in [0.1, 0.15) is 17.3 Å². The molecule has 5 nitrogen and oxygen atoms in total. The molecule has 1 aromatic heterocycles. The van der Waals surface area contributed by atoms with Crippen LogP contribution >= 0.6 is 15.9 Å². The van der Waals surface area contributed by atoms with Crippen molar-refractivity contribution < 1.29 is 14.3 Å². The lowest BCUT2D eigenvalue weighted by atomic mass is 10.1. The normalized spacial score (nSPS) is 12.8. The molecule has 0 unspecified atom stereocenters. The highest BCUT2D eigenvalue weighted by Gasteiger charge is 2.25. The van der Waals surface area contributed by atoms with Crippen molar-refractivity contribution in [2.75, 3.05) is 24.7 Å². The number of hydrogen-bond donors (Lipinski definition) is 0. The van der Waals surface area contributed by atoms with E-state index < -0.39 is 0 Å². The number of halogens is 1. The Labute approximate surface area is 137 Å². The van der Waals surface area contributed by atoms with Crippen molar-refractivity contribution in [2.24, 2.45) is 0 Å². The van der Waals surface area contributed by atoms with Crippen LogP contribution in [0.25, 0.3) is 0 Å². The molecule has 0 spiro atoms. The summed E-state index contributed by atoms with van der Waals surface area (Å²) in [6.07, 6.45) is 1.67. The van der Waals surface area contributed by atoms with Gasteiger partial charge in [0, 0.05) is 17.2 Å². The SMILES string of the molecule is CCN(C(=O)c1cccc2c1OCCO2)c1ccc(Br)cn1. The third kappa shape index (κ3) is 2.78. The molecular weight excluding hydrogens is 348 g/mol. The number of benzene rings is 1. The van der Waals surface area contributed by atoms with Crippen molar-refractivity contribution in [3.8, 4) is 11.5 Å². The van der Waals surface area contributed by atoms with E-state index in [1.807, 2.05) is 13.0 Å². The predicted molar refractivity (Wildman–Crippen MR) is 86.7 cm³/mol. The fourth-order valence-corrected chi connectivity index (χ4v) is 2.56. The Morgan fingerprint density at radius 3 is 2.82 bits per heavy atom. The molecule has 0 bridgehead atoms. The van der Waals surface area contributed by atoms with Gasteiger partial charge in [-0.15, -0.1) is 0 Å².